The van der Waals surface area contributed by atoms with E-state index in [-0.39, 0.29) is 11.1 Å². The van der Waals surface area contributed by atoms with Crippen molar-refractivity contribution >= 4 is 5.96 Å². The van der Waals surface area contributed by atoms with Crippen LogP contribution in [0.4, 0.5) is 0 Å². The number of piperidine rings is 1. The average molecular weight is 355 g/mol. The molecule has 2 rings (SSSR count). The zero-order valence-electron chi connectivity index (χ0n) is 16.7. The Labute approximate surface area is 153 Å². The molecule has 25 heavy (non-hydrogen) atoms. The van der Waals surface area contributed by atoms with Gasteiger partial charge in [-0.1, -0.05) is 6.42 Å². The zero-order chi connectivity index (χ0) is 18.2. The van der Waals surface area contributed by atoms with Crippen LogP contribution in [0, 0.1) is 0 Å². The molecule has 2 N–H and O–H groups in total. The molecular formula is C19H38N4O2. The number of methoxy groups -OCH3 is 1. The Morgan fingerprint density at radius 2 is 1.84 bits per heavy atom. The first-order valence-electron chi connectivity index (χ1n) is 9.91. The Hall–Kier alpha value is -0.850. The summed E-state index contributed by atoms with van der Waals surface area (Å²) in [7, 11) is 1.80. The van der Waals surface area contributed by atoms with Gasteiger partial charge >= 0.3 is 0 Å². The molecule has 2 fully saturated rings. The minimum absolute atomic E-state index is 0.0976. The molecular weight excluding hydrogens is 316 g/mol. The highest BCUT2D eigenvalue weighted by atomic mass is 16.5. The van der Waals surface area contributed by atoms with Crippen LogP contribution < -0.4 is 10.6 Å². The van der Waals surface area contributed by atoms with Gasteiger partial charge in [-0.2, -0.15) is 0 Å². The van der Waals surface area contributed by atoms with Crippen molar-refractivity contribution in [2.24, 2.45) is 4.99 Å². The van der Waals surface area contributed by atoms with Gasteiger partial charge in [0.1, 0.15) is 0 Å². The monoisotopic (exact) mass is 354 g/mol. The number of hydrogen-bond acceptors (Lipinski definition) is 4. The van der Waals surface area contributed by atoms with E-state index in [2.05, 4.69) is 36.3 Å². The topological polar surface area (TPSA) is 58.1 Å². The van der Waals surface area contributed by atoms with Gasteiger partial charge in [-0.15, -0.1) is 0 Å². The summed E-state index contributed by atoms with van der Waals surface area (Å²) in [6.07, 6.45) is 5.83. The predicted octanol–water partition coefficient (Wildman–Crippen LogP) is 2.00. The van der Waals surface area contributed by atoms with Gasteiger partial charge in [-0.25, -0.2) is 0 Å². The van der Waals surface area contributed by atoms with Crippen molar-refractivity contribution in [3.8, 4) is 0 Å². The fraction of sp³-hybridized carbons (Fsp3) is 0.947. The number of nitrogens with zero attached hydrogens (tertiary/aromatic N) is 2. The molecule has 0 bridgehead atoms. The lowest BCUT2D eigenvalue weighted by Crippen LogP contribution is -2.52. The van der Waals surface area contributed by atoms with Crippen molar-refractivity contribution in [3.05, 3.63) is 0 Å². The molecule has 0 aromatic carbocycles. The molecule has 2 aliphatic heterocycles. The van der Waals surface area contributed by atoms with E-state index in [1.807, 2.05) is 0 Å². The highest BCUT2D eigenvalue weighted by molar-refractivity contribution is 5.79. The standard InChI is InChI=1S/C19H38N4O2/c1-5-20-17(22-16-19(24-4)9-13-25-14-10-19)21-15-18(2,3)23-11-7-6-8-12-23/h5-16H2,1-4H3,(H2,20,21,22). The molecule has 0 amide bonds. The second-order valence-corrected chi connectivity index (χ2v) is 7.91. The van der Waals surface area contributed by atoms with E-state index in [1.165, 1.54) is 32.4 Å². The molecule has 2 heterocycles. The van der Waals surface area contributed by atoms with E-state index in [4.69, 9.17) is 14.5 Å². The Morgan fingerprint density at radius 3 is 2.44 bits per heavy atom. The molecule has 0 atom stereocenters. The number of aliphatic imine (C=N–C) groups is 1. The van der Waals surface area contributed by atoms with Gasteiger partial charge in [0.25, 0.3) is 0 Å². The van der Waals surface area contributed by atoms with Crippen LogP contribution in [0.1, 0.15) is 52.9 Å². The van der Waals surface area contributed by atoms with Crippen molar-refractivity contribution in [1.82, 2.24) is 15.5 Å². The van der Waals surface area contributed by atoms with Crippen LogP contribution in [0.5, 0.6) is 0 Å². The third kappa shape index (κ3) is 6.12. The quantitative estimate of drug-likeness (QED) is 0.541. The van der Waals surface area contributed by atoms with Crippen molar-refractivity contribution in [2.45, 2.75) is 64.0 Å². The Balaban J connectivity index is 1.92. The van der Waals surface area contributed by atoms with E-state index in [0.29, 0.717) is 0 Å². The van der Waals surface area contributed by atoms with E-state index in [1.54, 1.807) is 7.11 Å². The number of hydrogen-bond donors (Lipinski definition) is 2. The molecule has 0 unspecified atom stereocenters. The maximum atomic E-state index is 5.81. The lowest BCUT2D eigenvalue weighted by Gasteiger charge is -2.40. The Bertz CT molecular complexity index is 414. The van der Waals surface area contributed by atoms with Gasteiger partial charge in [-0.3, -0.25) is 9.89 Å². The van der Waals surface area contributed by atoms with Gasteiger partial charge in [0.15, 0.2) is 5.96 Å². The lowest BCUT2D eigenvalue weighted by molar-refractivity contribution is -0.0855. The van der Waals surface area contributed by atoms with E-state index >= 15 is 0 Å². The van der Waals surface area contributed by atoms with Crippen LogP contribution in [-0.2, 0) is 9.47 Å². The van der Waals surface area contributed by atoms with E-state index in [9.17, 15) is 0 Å². The Kier molecular flexibility index (Phi) is 7.97. The van der Waals surface area contributed by atoms with Crippen LogP contribution in [-0.4, -0.2) is 75.0 Å². The summed E-state index contributed by atoms with van der Waals surface area (Å²) in [5, 5.41) is 6.87. The average Bonchev–Trinajstić information content (AvgIpc) is 2.65. The Morgan fingerprint density at radius 1 is 1.16 bits per heavy atom. The maximum Gasteiger partial charge on any atom is 0.191 e. The molecule has 0 aromatic rings. The van der Waals surface area contributed by atoms with Crippen LogP contribution in [0.2, 0.25) is 0 Å². The summed E-state index contributed by atoms with van der Waals surface area (Å²) in [4.78, 5) is 7.46. The number of likely N-dealkylation sites (tertiary alicyclic amines) is 1. The number of guanidine groups is 1. The minimum atomic E-state index is -0.142. The second kappa shape index (κ2) is 9.74. The first kappa shape index (κ1) is 20.5. The van der Waals surface area contributed by atoms with Crippen LogP contribution in [0.15, 0.2) is 4.99 Å². The van der Waals surface area contributed by atoms with Gasteiger partial charge < -0.3 is 20.1 Å². The maximum absolute atomic E-state index is 5.81. The van der Waals surface area contributed by atoms with Gasteiger partial charge in [0.2, 0.25) is 0 Å². The zero-order valence-corrected chi connectivity index (χ0v) is 16.7. The first-order chi connectivity index (χ1) is 12.0. The molecule has 6 nitrogen and oxygen atoms in total. The van der Waals surface area contributed by atoms with Gasteiger partial charge in [0, 0.05) is 51.8 Å². The molecule has 0 aliphatic carbocycles. The number of nitrogens with one attached hydrogen (secondary N) is 2. The van der Waals surface area contributed by atoms with Crippen molar-refractivity contribution in [3.63, 3.8) is 0 Å². The van der Waals surface area contributed by atoms with Crippen LogP contribution in [0.3, 0.4) is 0 Å². The first-order valence-corrected chi connectivity index (χ1v) is 9.91. The predicted molar refractivity (Wildman–Crippen MR) is 103 cm³/mol. The summed E-state index contributed by atoms with van der Waals surface area (Å²) in [5.74, 6) is 0.885. The largest absolute Gasteiger partial charge is 0.381 e. The SMILES string of the molecule is CCNC(=NCC(C)(C)N1CCCCC1)NCC1(OC)CCOCC1. The molecule has 6 heteroatoms. The van der Waals surface area contributed by atoms with Crippen molar-refractivity contribution < 1.29 is 9.47 Å². The number of rotatable bonds is 7. The highest BCUT2D eigenvalue weighted by Crippen LogP contribution is 2.24. The van der Waals surface area contributed by atoms with Crippen molar-refractivity contribution in [1.29, 1.82) is 0 Å². The normalized spacial score (nSPS) is 22.6. The van der Waals surface area contributed by atoms with E-state index in [0.717, 1.165) is 51.6 Å². The smallest absolute Gasteiger partial charge is 0.191 e. The van der Waals surface area contributed by atoms with Crippen molar-refractivity contribution in [2.75, 3.05) is 53.0 Å². The highest BCUT2D eigenvalue weighted by Gasteiger charge is 2.33. The third-order valence-corrected chi connectivity index (χ3v) is 5.60. The summed E-state index contributed by atoms with van der Waals surface area (Å²) in [5.41, 5.74) is -0.0444. The van der Waals surface area contributed by atoms with Crippen LogP contribution in [0.25, 0.3) is 0 Å². The minimum Gasteiger partial charge on any atom is -0.381 e. The summed E-state index contributed by atoms with van der Waals surface area (Å²) < 4.78 is 11.3. The van der Waals surface area contributed by atoms with E-state index < -0.39 is 0 Å². The fourth-order valence-corrected chi connectivity index (χ4v) is 3.65. The third-order valence-electron chi connectivity index (χ3n) is 5.60. The van der Waals surface area contributed by atoms with Gasteiger partial charge in [0.05, 0.1) is 12.1 Å². The van der Waals surface area contributed by atoms with Crippen LogP contribution >= 0.6 is 0 Å². The summed E-state index contributed by atoms with van der Waals surface area (Å²) in [6.45, 7) is 13.1. The molecule has 0 spiro atoms. The molecule has 2 saturated heterocycles. The fourth-order valence-electron chi connectivity index (χ4n) is 3.65. The molecule has 146 valence electrons. The van der Waals surface area contributed by atoms with Gasteiger partial charge in [-0.05, 0) is 46.7 Å². The summed E-state index contributed by atoms with van der Waals surface area (Å²) >= 11 is 0. The molecule has 0 aromatic heterocycles. The lowest BCUT2D eigenvalue weighted by atomic mass is 9.94. The molecule has 2 aliphatic rings. The molecule has 0 radical (unpaired) electrons. The summed E-state index contributed by atoms with van der Waals surface area (Å²) in [6, 6.07) is 0. The number of ether oxygens (including phenoxy) is 2. The second-order valence-electron chi connectivity index (χ2n) is 7.91. The molecule has 0 saturated carbocycles.